The summed E-state index contributed by atoms with van der Waals surface area (Å²) >= 11 is 0. The number of para-hydroxylation sites is 2. The SMILES string of the molecule is CCOC(=O)N1C(=O)c2c(c3c4ccccc4n(C4C=C[C@H](N=[N+]=[N-])C4)c3c3[nH]c4ccccc4c23)C1=O. The van der Waals surface area contributed by atoms with Gasteiger partial charge in [0.2, 0.25) is 0 Å². The van der Waals surface area contributed by atoms with E-state index in [4.69, 9.17) is 10.3 Å². The van der Waals surface area contributed by atoms with Crippen molar-refractivity contribution in [1.29, 1.82) is 0 Å². The van der Waals surface area contributed by atoms with E-state index >= 15 is 0 Å². The Morgan fingerprint density at radius 3 is 2.53 bits per heavy atom. The van der Waals surface area contributed by atoms with Crippen molar-refractivity contribution in [1.82, 2.24) is 14.5 Å². The fraction of sp³-hybridized carbons (Fsp3) is 0.179. The van der Waals surface area contributed by atoms with E-state index < -0.39 is 17.9 Å². The Balaban J connectivity index is 1.67. The monoisotopic (exact) mass is 504 g/mol. The van der Waals surface area contributed by atoms with Crippen molar-refractivity contribution in [3.63, 3.8) is 0 Å². The summed E-state index contributed by atoms with van der Waals surface area (Å²) in [5.74, 6) is -1.39. The number of carbonyl (C=O) groups excluding carboxylic acids is 3. The van der Waals surface area contributed by atoms with Crippen LogP contribution in [0.4, 0.5) is 4.79 Å². The first-order chi connectivity index (χ1) is 18.5. The summed E-state index contributed by atoms with van der Waals surface area (Å²) in [5, 5.41) is 6.63. The molecule has 1 aliphatic heterocycles. The predicted octanol–water partition coefficient (Wildman–Crippen LogP) is 6.36. The summed E-state index contributed by atoms with van der Waals surface area (Å²) in [5.41, 5.74) is 12.5. The number of aromatic nitrogens is 2. The van der Waals surface area contributed by atoms with Crippen molar-refractivity contribution in [3.05, 3.63) is 82.3 Å². The van der Waals surface area contributed by atoms with Gasteiger partial charge >= 0.3 is 6.09 Å². The molecular formula is C28H20N6O4. The highest BCUT2D eigenvalue weighted by Gasteiger charge is 2.45. The van der Waals surface area contributed by atoms with Crippen molar-refractivity contribution in [2.24, 2.45) is 5.11 Å². The van der Waals surface area contributed by atoms with E-state index in [2.05, 4.69) is 19.6 Å². The number of hydrogen-bond acceptors (Lipinski definition) is 5. The maximum Gasteiger partial charge on any atom is 0.424 e. The summed E-state index contributed by atoms with van der Waals surface area (Å²) in [6, 6.07) is 14.8. The second kappa shape index (κ2) is 7.96. The molecule has 0 spiro atoms. The Morgan fingerprint density at radius 1 is 1.05 bits per heavy atom. The summed E-state index contributed by atoms with van der Waals surface area (Å²) in [4.78, 5) is 47.5. The zero-order chi connectivity index (χ0) is 26.1. The van der Waals surface area contributed by atoms with Crippen LogP contribution in [0.15, 0.2) is 65.8 Å². The first-order valence-corrected chi connectivity index (χ1v) is 12.3. The molecule has 0 radical (unpaired) electrons. The quantitative estimate of drug-likeness (QED) is 0.101. The average molecular weight is 505 g/mol. The minimum Gasteiger partial charge on any atom is -0.449 e. The largest absolute Gasteiger partial charge is 0.449 e. The molecule has 0 fully saturated rings. The number of H-pyrrole nitrogens is 1. The topological polar surface area (TPSA) is 133 Å². The Kier molecular flexibility index (Phi) is 4.64. The fourth-order valence-corrected chi connectivity index (χ4v) is 6.04. The van der Waals surface area contributed by atoms with Gasteiger partial charge in [0.1, 0.15) is 0 Å². The van der Waals surface area contributed by atoms with Crippen LogP contribution in [0.1, 0.15) is 40.1 Å². The number of benzene rings is 3. The lowest BCUT2D eigenvalue weighted by Crippen LogP contribution is -2.36. The second-order valence-corrected chi connectivity index (χ2v) is 9.39. The number of nitrogens with one attached hydrogen (secondary N) is 1. The molecule has 3 aromatic carbocycles. The molecule has 2 atom stereocenters. The van der Waals surface area contributed by atoms with Crippen molar-refractivity contribution in [2.75, 3.05) is 6.61 Å². The first-order valence-electron chi connectivity index (χ1n) is 12.3. The maximum absolute atomic E-state index is 13.9. The van der Waals surface area contributed by atoms with Crippen LogP contribution in [0.25, 0.3) is 54.1 Å². The molecule has 0 saturated heterocycles. The minimum absolute atomic E-state index is 0.0316. The lowest BCUT2D eigenvalue weighted by molar-refractivity contribution is 0.0597. The molecule has 0 bridgehead atoms. The number of allylic oxidation sites excluding steroid dienone is 1. The Bertz CT molecular complexity index is 1960. The molecule has 2 aromatic heterocycles. The first kappa shape index (κ1) is 22.1. The van der Waals surface area contributed by atoms with Crippen molar-refractivity contribution >= 4 is 61.5 Å². The Labute approximate surface area is 214 Å². The normalized spacial score (nSPS) is 18.7. The van der Waals surface area contributed by atoms with E-state index in [1.54, 1.807) is 6.92 Å². The van der Waals surface area contributed by atoms with Crippen LogP contribution in [0, 0.1) is 0 Å². The van der Waals surface area contributed by atoms with E-state index in [1.165, 1.54) is 0 Å². The van der Waals surface area contributed by atoms with Crippen LogP contribution in [0.2, 0.25) is 0 Å². The molecule has 2 aliphatic rings. The number of nitrogens with zero attached hydrogens (tertiary/aromatic N) is 5. The highest BCUT2D eigenvalue weighted by Crippen LogP contribution is 2.47. The number of amides is 3. The van der Waals surface area contributed by atoms with Crippen LogP contribution in [-0.2, 0) is 4.74 Å². The summed E-state index contributed by atoms with van der Waals surface area (Å²) in [7, 11) is 0. The summed E-state index contributed by atoms with van der Waals surface area (Å²) in [6.45, 7) is 1.66. The molecular weight excluding hydrogens is 484 g/mol. The zero-order valence-electron chi connectivity index (χ0n) is 20.2. The van der Waals surface area contributed by atoms with Crippen molar-refractivity contribution < 1.29 is 19.1 Å². The number of fused-ring (bicyclic) bond motifs is 10. The average Bonchev–Trinajstić information content (AvgIpc) is 3.66. The Hall–Kier alpha value is -5.08. The van der Waals surface area contributed by atoms with Gasteiger partial charge < -0.3 is 14.3 Å². The molecule has 0 saturated carbocycles. The van der Waals surface area contributed by atoms with E-state index in [0.717, 1.165) is 27.3 Å². The molecule has 5 aromatic rings. The van der Waals surface area contributed by atoms with E-state index in [0.29, 0.717) is 27.6 Å². The van der Waals surface area contributed by atoms with Gasteiger partial charge in [-0.1, -0.05) is 53.7 Å². The smallest absolute Gasteiger partial charge is 0.424 e. The Morgan fingerprint density at radius 2 is 1.76 bits per heavy atom. The van der Waals surface area contributed by atoms with Crippen LogP contribution in [0.3, 0.4) is 0 Å². The highest BCUT2D eigenvalue weighted by molar-refractivity contribution is 6.41. The molecule has 3 heterocycles. The van der Waals surface area contributed by atoms with E-state index in [1.807, 2.05) is 60.7 Å². The molecule has 186 valence electrons. The standard InChI is InChI=1S/C28H20N6O4/c1-2-38-28(37)34-26(35)22-20-16-7-3-5-9-18(16)30-24(20)25-21(23(22)27(34)36)17-8-4-6-10-19(17)33(25)15-12-11-14(13-15)31-32-29/h3-12,14-15,30H,2,13H2,1H3/t14-,15?/m0/s1. The third-order valence-corrected chi connectivity index (χ3v) is 7.46. The predicted molar refractivity (Wildman–Crippen MR) is 142 cm³/mol. The molecule has 1 N–H and O–H groups in total. The van der Waals surface area contributed by atoms with Gasteiger partial charge in [-0.05, 0) is 31.0 Å². The molecule has 10 nitrogen and oxygen atoms in total. The van der Waals surface area contributed by atoms with Crippen LogP contribution < -0.4 is 0 Å². The molecule has 1 aliphatic carbocycles. The third-order valence-electron chi connectivity index (χ3n) is 7.46. The molecule has 1 unspecified atom stereocenters. The van der Waals surface area contributed by atoms with E-state index in [9.17, 15) is 14.4 Å². The van der Waals surface area contributed by atoms with Gasteiger partial charge in [0.05, 0.1) is 40.9 Å². The minimum atomic E-state index is -0.987. The van der Waals surface area contributed by atoms with Crippen LogP contribution >= 0.6 is 0 Å². The fourth-order valence-electron chi connectivity index (χ4n) is 6.04. The summed E-state index contributed by atoms with van der Waals surface area (Å²) < 4.78 is 7.22. The molecule has 38 heavy (non-hydrogen) atoms. The van der Waals surface area contributed by atoms with Crippen molar-refractivity contribution in [2.45, 2.75) is 25.4 Å². The summed E-state index contributed by atoms with van der Waals surface area (Å²) in [6.07, 6.45) is 3.46. The van der Waals surface area contributed by atoms with Gasteiger partial charge in [-0.15, -0.1) is 0 Å². The van der Waals surface area contributed by atoms with Gasteiger partial charge in [-0.3, -0.25) is 9.59 Å². The van der Waals surface area contributed by atoms with Gasteiger partial charge in [0.25, 0.3) is 11.8 Å². The number of hydrogen-bond donors (Lipinski definition) is 1. The lowest BCUT2D eigenvalue weighted by atomic mass is 9.96. The van der Waals surface area contributed by atoms with Gasteiger partial charge in [0.15, 0.2) is 0 Å². The molecule has 7 rings (SSSR count). The van der Waals surface area contributed by atoms with Gasteiger partial charge in [-0.25, -0.2) is 4.79 Å². The number of azide groups is 1. The molecule has 3 amide bonds. The number of carbonyl (C=O) groups is 3. The van der Waals surface area contributed by atoms with Crippen molar-refractivity contribution in [3.8, 4) is 0 Å². The third kappa shape index (κ3) is 2.77. The maximum atomic E-state index is 13.9. The van der Waals surface area contributed by atoms with Crippen LogP contribution in [0.5, 0.6) is 0 Å². The number of imide groups is 3. The van der Waals surface area contributed by atoms with Gasteiger partial charge in [-0.2, -0.15) is 4.90 Å². The van der Waals surface area contributed by atoms with E-state index in [-0.39, 0.29) is 29.8 Å². The number of ether oxygens (including phenoxy) is 1. The van der Waals surface area contributed by atoms with Gasteiger partial charge in [0, 0.05) is 37.5 Å². The number of aromatic amines is 1. The second-order valence-electron chi connectivity index (χ2n) is 9.39. The highest BCUT2D eigenvalue weighted by atomic mass is 16.6. The lowest BCUT2D eigenvalue weighted by Gasteiger charge is -2.16. The molecule has 10 heteroatoms. The zero-order valence-corrected chi connectivity index (χ0v) is 20.2. The van der Waals surface area contributed by atoms with Crippen LogP contribution in [-0.4, -0.2) is 45.0 Å². The number of rotatable bonds is 3.